The highest BCUT2D eigenvalue weighted by molar-refractivity contribution is 9.10. The maximum absolute atomic E-state index is 12.8. The van der Waals surface area contributed by atoms with E-state index in [-0.39, 0.29) is 11.8 Å². The number of aromatic amines is 1. The highest BCUT2D eigenvalue weighted by atomic mass is 79.9. The summed E-state index contributed by atoms with van der Waals surface area (Å²) in [6.45, 7) is 0.400. The van der Waals surface area contributed by atoms with Crippen LogP contribution in [-0.4, -0.2) is 31.7 Å². The van der Waals surface area contributed by atoms with E-state index in [1.807, 2.05) is 60.8 Å². The number of nitrogens with one attached hydrogen (secondary N) is 2. The Kier molecular flexibility index (Phi) is 6.28. The molecule has 1 atom stereocenters. The van der Waals surface area contributed by atoms with Crippen LogP contribution in [0.5, 0.6) is 11.5 Å². The van der Waals surface area contributed by atoms with E-state index >= 15 is 0 Å². The first kappa shape index (κ1) is 21.0. The van der Waals surface area contributed by atoms with Crippen LogP contribution in [0.1, 0.15) is 27.4 Å². The van der Waals surface area contributed by atoms with Crippen molar-refractivity contribution >= 4 is 32.7 Å². The van der Waals surface area contributed by atoms with Gasteiger partial charge in [-0.15, -0.1) is 0 Å². The van der Waals surface area contributed by atoms with Gasteiger partial charge < -0.3 is 19.8 Å². The molecule has 6 heteroatoms. The first-order valence-electron chi connectivity index (χ1n) is 9.93. The normalized spacial score (nSPS) is 11.8. The van der Waals surface area contributed by atoms with Gasteiger partial charge in [0.1, 0.15) is 0 Å². The van der Waals surface area contributed by atoms with E-state index in [2.05, 4.69) is 32.3 Å². The fourth-order valence-corrected chi connectivity index (χ4v) is 4.28. The van der Waals surface area contributed by atoms with E-state index in [0.29, 0.717) is 23.6 Å². The predicted octanol–water partition coefficient (Wildman–Crippen LogP) is 5.51. The zero-order valence-electron chi connectivity index (χ0n) is 17.3. The topological polar surface area (TPSA) is 63.3 Å². The third kappa shape index (κ3) is 4.30. The summed E-state index contributed by atoms with van der Waals surface area (Å²) in [5.74, 6) is 1.05. The predicted molar refractivity (Wildman–Crippen MR) is 126 cm³/mol. The van der Waals surface area contributed by atoms with Crippen molar-refractivity contribution in [2.75, 3.05) is 20.8 Å². The maximum Gasteiger partial charge on any atom is 0.251 e. The van der Waals surface area contributed by atoms with E-state index in [1.165, 1.54) is 0 Å². The molecule has 0 saturated heterocycles. The molecule has 0 aliphatic carbocycles. The van der Waals surface area contributed by atoms with Crippen LogP contribution in [0.25, 0.3) is 10.9 Å². The third-order valence-electron chi connectivity index (χ3n) is 5.36. The Balaban J connectivity index is 1.74. The molecule has 0 aliphatic rings. The zero-order chi connectivity index (χ0) is 21.8. The van der Waals surface area contributed by atoms with Crippen molar-refractivity contribution in [1.82, 2.24) is 10.3 Å². The Hall–Kier alpha value is -3.25. The second-order valence-corrected chi connectivity index (χ2v) is 8.06. The molecule has 5 nitrogen and oxygen atoms in total. The smallest absolute Gasteiger partial charge is 0.251 e. The van der Waals surface area contributed by atoms with Gasteiger partial charge in [-0.25, -0.2) is 0 Å². The van der Waals surface area contributed by atoms with Gasteiger partial charge in [-0.1, -0.05) is 52.3 Å². The lowest BCUT2D eigenvalue weighted by molar-refractivity contribution is 0.0952. The molecule has 0 spiro atoms. The fourth-order valence-electron chi connectivity index (χ4n) is 3.88. The van der Waals surface area contributed by atoms with Crippen LogP contribution < -0.4 is 14.8 Å². The van der Waals surface area contributed by atoms with Crippen LogP contribution in [0, 0.1) is 0 Å². The lowest BCUT2D eigenvalue weighted by Gasteiger charge is -2.22. The number of carbonyl (C=O) groups is 1. The first-order valence-corrected chi connectivity index (χ1v) is 10.7. The number of methoxy groups -OCH3 is 2. The second kappa shape index (κ2) is 9.27. The van der Waals surface area contributed by atoms with E-state index in [1.54, 1.807) is 20.3 Å². The fraction of sp³-hybridized carbons (Fsp3) is 0.160. The molecule has 4 rings (SSSR count). The summed E-state index contributed by atoms with van der Waals surface area (Å²) in [5.41, 5.74) is 3.67. The van der Waals surface area contributed by atoms with Gasteiger partial charge in [-0.2, -0.15) is 0 Å². The van der Waals surface area contributed by atoms with E-state index in [4.69, 9.17) is 9.47 Å². The lowest BCUT2D eigenvalue weighted by Crippen LogP contribution is -2.29. The van der Waals surface area contributed by atoms with Gasteiger partial charge in [0.25, 0.3) is 5.91 Å². The minimum absolute atomic E-state index is 0.131. The number of rotatable bonds is 7. The summed E-state index contributed by atoms with van der Waals surface area (Å²) in [7, 11) is 3.26. The molecule has 31 heavy (non-hydrogen) atoms. The van der Waals surface area contributed by atoms with Crippen molar-refractivity contribution in [3.63, 3.8) is 0 Å². The molecule has 1 amide bonds. The van der Waals surface area contributed by atoms with Gasteiger partial charge in [0.05, 0.1) is 14.2 Å². The van der Waals surface area contributed by atoms with E-state index in [9.17, 15) is 4.79 Å². The number of hydrogen-bond acceptors (Lipinski definition) is 3. The maximum atomic E-state index is 12.8. The monoisotopic (exact) mass is 478 g/mol. The minimum atomic E-state index is -0.141. The van der Waals surface area contributed by atoms with Crippen LogP contribution >= 0.6 is 15.9 Å². The average Bonchev–Trinajstić information content (AvgIpc) is 3.23. The summed E-state index contributed by atoms with van der Waals surface area (Å²) < 4.78 is 12.1. The average molecular weight is 479 g/mol. The summed E-state index contributed by atoms with van der Waals surface area (Å²) in [6.07, 6.45) is 2.00. The van der Waals surface area contributed by atoms with Crippen molar-refractivity contribution in [1.29, 1.82) is 0 Å². The summed E-state index contributed by atoms with van der Waals surface area (Å²) in [6, 6.07) is 21.3. The number of carbonyl (C=O) groups excluding carboxylic acids is 1. The van der Waals surface area contributed by atoms with Crippen LogP contribution in [-0.2, 0) is 0 Å². The van der Waals surface area contributed by atoms with Gasteiger partial charge in [-0.05, 0) is 35.9 Å². The number of aromatic nitrogens is 1. The number of H-pyrrole nitrogens is 1. The van der Waals surface area contributed by atoms with Gasteiger partial charge in [0, 0.05) is 45.2 Å². The van der Waals surface area contributed by atoms with Crippen molar-refractivity contribution in [2.24, 2.45) is 0 Å². The van der Waals surface area contributed by atoms with E-state index in [0.717, 1.165) is 26.5 Å². The Morgan fingerprint density at radius 3 is 2.58 bits per heavy atom. The number of fused-ring (bicyclic) bond motifs is 1. The van der Waals surface area contributed by atoms with Gasteiger partial charge >= 0.3 is 0 Å². The van der Waals surface area contributed by atoms with Crippen LogP contribution in [0.2, 0.25) is 0 Å². The first-order chi connectivity index (χ1) is 15.1. The number of benzene rings is 3. The Bertz CT molecular complexity index is 1220. The number of amides is 1. The zero-order valence-corrected chi connectivity index (χ0v) is 18.9. The van der Waals surface area contributed by atoms with Gasteiger partial charge in [0.15, 0.2) is 11.5 Å². The molecule has 158 valence electrons. The highest BCUT2D eigenvalue weighted by Gasteiger charge is 2.24. The summed E-state index contributed by atoms with van der Waals surface area (Å²) >= 11 is 3.43. The SMILES string of the molecule is COc1cccc(C(CNC(=O)c2cccc(Br)c2)c2c[nH]c3ccccc23)c1OC. The number of para-hydroxylation sites is 2. The molecule has 1 heterocycles. The molecule has 0 aliphatic heterocycles. The molecular weight excluding hydrogens is 456 g/mol. The van der Waals surface area contributed by atoms with Gasteiger partial charge in [-0.3, -0.25) is 4.79 Å². The van der Waals surface area contributed by atoms with Crippen LogP contribution in [0.15, 0.2) is 77.4 Å². The Morgan fingerprint density at radius 1 is 1.00 bits per heavy atom. The van der Waals surface area contributed by atoms with E-state index < -0.39 is 0 Å². The Labute approximate surface area is 189 Å². The molecular formula is C25H23BrN2O3. The second-order valence-electron chi connectivity index (χ2n) is 7.15. The molecule has 0 bridgehead atoms. The van der Waals surface area contributed by atoms with Crippen LogP contribution in [0.4, 0.5) is 0 Å². The molecule has 0 fully saturated rings. The lowest BCUT2D eigenvalue weighted by atomic mass is 9.89. The molecule has 2 N–H and O–H groups in total. The third-order valence-corrected chi connectivity index (χ3v) is 5.85. The molecule has 1 aromatic heterocycles. The largest absolute Gasteiger partial charge is 0.493 e. The molecule has 0 radical (unpaired) electrons. The molecule has 3 aromatic carbocycles. The standard InChI is InChI=1S/C25H23BrN2O3/c1-30-23-12-6-10-19(24(23)31-2)21(20-14-27-22-11-4-3-9-18(20)22)15-28-25(29)16-7-5-8-17(26)13-16/h3-14,21,27H,15H2,1-2H3,(H,28,29). The van der Waals surface area contributed by atoms with Crippen molar-refractivity contribution in [2.45, 2.75) is 5.92 Å². The van der Waals surface area contributed by atoms with Crippen molar-refractivity contribution < 1.29 is 14.3 Å². The molecule has 0 saturated carbocycles. The highest BCUT2D eigenvalue weighted by Crippen LogP contribution is 2.40. The molecule has 1 unspecified atom stereocenters. The number of ether oxygens (including phenoxy) is 2. The number of halogens is 1. The molecule has 4 aromatic rings. The summed E-state index contributed by atoms with van der Waals surface area (Å²) in [4.78, 5) is 16.2. The van der Waals surface area contributed by atoms with Crippen LogP contribution in [0.3, 0.4) is 0 Å². The minimum Gasteiger partial charge on any atom is -0.493 e. The van der Waals surface area contributed by atoms with Crippen molar-refractivity contribution in [3.05, 3.63) is 94.1 Å². The Morgan fingerprint density at radius 2 is 1.81 bits per heavy atom. The quantitative estimate of drug-likeness (QED) is 0.368. The van der Waals surface area contributed by atoms with Gasteiger partial charge in [0.2, 0.25) is 0 Å². The summed E-state index contributed by atoms with van der Waals surface area (Å²) in [5, 5.41) is 4.20. The van der Waals surface area contributed by atoms with Crippen molar-refractivity contribution in [3.8, 4) is 11.5 Å². The number of hydrogen-bond donors (Lipinski definition) is 2.